The van der Waals surface area contributed by atoms with E-state index in [4.69, 9.17) is 4.74 Å². The minimum absolute atomic E-state index is 0.532. The number of ether oxygens (including phenoxy) is 1. The fraction of sp³-hybridized carbons (Fsp3) is 0.0556. The lowest BCUT2D eigenvalue weighted by molar-refractivity contribution is 0.112. The third-order valence-electron chi connectivity index (χ3n) is 3.13. The first-order chi connectivity index (χ1) is 10.4. The van der Waals surface area contributed by atoms with E-state index in [-0.39, 0.29) is 0 Å². The molecule has 0 aliphatic carbocycles. The van der Waals surface area contributed by atoms with Gasteiger partial charge in [-0.1, -0.05) is 42.5 Å². The predicted molar refractivity (Wildman–Crippen MR) is 85.9 cm³/mol. The molecule has 0 saturated heterocycles. The van der Waals surface area contributed by atoms with Gasteiger partial charge in [0.2, 0.25) is 0 Å². The Hall–Kier alpha value is -2.39. The van der Waals surface area contributed by atoms with Crippen LogP contribution in [-0.4, -0.2) is 6.29 Å². The Morgan fingerprint density at radius 1 is 0.905 bits per heavy atom. The molecule has 2 aromatic carbocycles. The molecule has 0 fully saturated rings. The van der Waals surface area contributed by atoms with Crippen molar-refractivity contribution < 1.29 is 9.53 Å². The van der Waals surface area contributed by atoms with Crippen LogP contribution in [0, 0.1) is 0 Å². The van der Waals surface area contributed by atoms with Gasteiger partial charge < -0.3 is 4.74 Å². The monoisotopic (exact) mass is 294 g/mol. The van der Waals surface area contributed by atoms with Gasteiger partial charge in [0.05, 0.1) is 4.88 Å². The van der Waals surface area contributed by atoms with E-state index < -0.39 is 0 Å². The van der Waals surface area contributed by atoms with Crippen LogP contribution >= 0.6 is 11.3 Å². The van der Waals surface area contributed by atoms with Gasteiger partial charge in [0.25, 0.3) is 0 Å². The summed E-state index contributed by atoms with van der Waals surface area (Å²) in [5, 5.41) is 0. The predicted octanol–water partition coefficient (Wildman–Crippen LogP) is 4.81. The van der Waals surface area contributed by atoms with Crippen LogP contribution < -0.4 is 4.74 Å². The fourth-order valence-corrected chi connectivity index (χ4v) is 2.95. The average Bonchev–Trinajstić information content (AvgIpc) is 3.03. The zero-order valence-electron chi connectivity index (χ0n) is 11.4. The van der Waals surface area contributed by atoms with Crippen LogP contribution in [0.5, 0.6) is 5.75 Å². The summed E-state index contributed by atoms with van der Waals surface area (Å²) in [7, 11) is 0. The van der Waals surface area contributed by atoms with Crippen molar-refractivity contribution >= 4 is 17.6 Å². The van der Waals surface area contributed by atoms with E-state index in [9.17, 15) is 4.79 Å². The van der Waals surface area contributed by atoms with E-state index in [0.717, 1.165) is 32.9 Å². The molecule has 104 valence electrons. The van der Waals surface area contributed by atoms with Crippen LogP contribution in [-0.2, 0) is 6.61 Å². The molecule has 3 heteroatoms. The fourth-order valence-electron chi connectivity index (χ4n) is 2.09. The molecule has 21 heavy (non-hydrogen) atoms. The van der Waals surface area contributed by atoms with Gasteiger partial charge >= 0.3 is 0 Å². The van der Waals surface area contributed by atoms with Crippen molar-refractivity contribution in [1.82, 2.24) is 0 Å². The summed E-state index contributed by atoms with van der Waals surface area (Å²) >= 11 is 1.47. The first kappa shape index (κ1) is 13.6. The first-order valence-corrected chi connectivity index (χ1v) is 7.49. The van der Waals surface area contributed by atoms with E-state index >= 15 is 0 Å². The molecule has 1 heterocycles. The van der Waals surface area contributed by atoms with Gasteiger partial charge in [0, 0.05) is 10.4 Å². The third-order valence-corrected chi connectivity index (χ3v) is 4.18. The number of benzene rings is 2. The van der Waals surface area contributed by atoms with Gasteiger partial charge in [-0.2, -0.15) is 0 Å². The molecule has 0 aliphatic heterocycles. The van der Waals surface area contributed by atoms with Gasteiger partial charge in [-0.05, 0) is 29.8 Å². The molecular formula is C18H14O2S. The molecule has 0 aliphatic rings. The van der Waals surface area contributed by atoms with Crippen molar-refractivity contribution in [3.05, 3.63) is 77.2 Å². The number of rotatable bonds is 5. The first-order valence-electron chi connectivity index (χ1n) is 6.68. The highest BCUT2D eigenvalue weighted by Crippen LogP contribution is 2.34. The molecule has 0 amide bonds. The molecule has 3 rings (SSSR count). The summed E-state index contributed by atoms with van der Waals surface area (Å²) in [6.07, 6.45) is 0.877. The zero-order valence-corrected chi connectivity index (χ0v) is 12.2. The average molecular weight is 294 g/mol. The van der Waals surface area contributed by atoms with Crippen molar-refractivity contribution in [2.75, 3.05) is 0 Å². The highest BCUT2D eigenvalue weighted by Gasteiger charge is 2.08. The Bertz CT molecular complexity index is 732. The van der Waals surface area contributed by atoms with Crippen molar-refractivity contribution in [3.63, 3.8) is 0 Å². The van der Waals surface area contributed by atoms with Crippen molar-refractivity contribution in [3.8, 4) is 16.2 Å². The number of aldehydes is 1. The number of thiophene rings is 1. The van der Waals surface area contributed by atoms with Crippen LogP contribution in [0.3, 0.4) is 0 Å². The molecule has 0 spiro atoms. The molecule has 0 unspecified atom stereocenters. The van der Waals surface area contributed by atoms with E-state index in [1.165, 1.54) is 11.3 Å². The van der Waals surface area contributed by atoms with E-state index in [2.05, 4.69) is 0 Å². The maximum atomic E-state index is 10.8. The van der Waals surface area contributed by atoms with Crippen LogP contribution in [0.15, 0.2) is 66.7 Å². The van der Waals surface area contributed by atoms with Crippen LogP contribution in [0.25, 0.3) is 10.4 Å². The molecule has 1 aromatic heterocycles. The summed E-state index contributed by atoms with van der Waals surface area (Å²) in [4.78, 5) is 12.6. The molecular weight excluding hydrogens is 280 g/mol. The maximum Gasteiger partial charge on any atom is 0.160 e. The second-order valence-electron chi connectivity index (χ2n) is 4.59. The SMILES string of the molecule is O=Cc1ccc(-c2ccccc2OCc2ccccc2)s1. The summed E-state index contributed by atoms with van der Waals surface area (Å²) in [6, 6.07) is 21.8. The Balaban J connectivity index is 1.84. The standard InChI is InChI=1S/C18H14O2S/c19-12-15-10-11-18(21-15)16-8-4-5-9-17(16)20-13-14-6-2-1-3-7-14/h1-12H,13H2. The molecule has 0 atom stereocenters. The molecule has 0 saturated carbocycles. The Labute approximate surface area is 127 Å². The quantitative estimate of drug-likeness (QED) is 0.631. The second-order valence-corrected chi connectivity index (χ2v) is 5.71. The lowest BCUT2D eigenvalue weighted by Crippen LogP contribution is -1.96. The van der Waals surface area contributed by atoms with Gasteiger partial charge in [-0.15, -0.1) is 11.3 Å². The highest BCUT2D eigenvalue weighted by atomic mass is 32.1. The molecule has 0 radical (unpaired) electrons. The van der Waals surface area contributed by atoms with Crippen LogP contribution in [0.4, 0.5) is 0 Å². The largest absolute Gasteiger partial charge is 0.488 e. The Morgan fingerprint density at radius 3 is 2.43 bits per heavy atom. The number of carbonyl (C=O) groups is 1. The summed E-state index contributed by atoms with van der Waals surface area (Å²) in [6.45, 7) is 0.532. The van der Waals surface area contributed by atoms with Gasteiger partial charge in [-0.25, -0.2) is 0 Å². The van der Waals surface area contributed by atoms with Crippen molar-refractivity contribution in [1.29, 1.82) is 0 Å². The second kappa shape index (κ2) is 6.37. The van der Waals surface area contributed by atoms with E-state index in [1.54, 1.807) is 0 Å². The van der Waals surface area contributed by atoms with Crippen LogP contribution in [0.1, 0.15) is 15.2 Å². The topological polar surface area (TPSA) is 26.3 Å². The minimum atomic E-state index is 0.532. The summed E-state index contributed by atoms with van der Waals surface area (Å²) < 4.78 is 5.94. The third kappa shape index (κ3) is 3.20. The summed E-state index contributed by atoms with van der Waals surface area (Å²) in [5.41, 5.74) is 2.15. The molecule has 0 N–H and O–H groups in total. The molecule has 2 nitrogen and oxygen atoms in total. The van der Waals surface area contributed by atoms with Crippen molar-refractivity contribution in [2.45, 2.75) is 6.61 Å². The Morgan fingerprint density at radius 2 is 1.67 bits per heavy atom. The minimum Gasteiger partial charge on any atom is -0.488 e. The van der Waals surface area contributed by atoms with Gasteiger partial charge in [0.1, 0.15) is 12.4 Å². The molecule has 0 bridgehead atoms. The lowest BCUT2D eigenvalue weighted by atomic mass is 10.1. The van der Waals surface area contributed by atoms with Crippen LogP contribution in [0.2, 0.25) is 0 Å². The van der Waals surface area contributed by atoms with Crippen molar-refractivity contribution in [2.24, 2.45) is 0 Å². The van der Waals surface area contributed by atoms with E-state index in [0.29, 0.717) is 6.61 Å². The highest BCUT2D eigenvalue weighted by molar-refractivity contribution is 7.17. The smallest absolute Gasteiger partial charge is 0.160 e. The number of hydrogen-bond donors (Lipinski definition) is 0. The van der Waals surface area contributed by atoms with E-state index in [1.807, 2.05) is 66.7 Å². The van der Waals surface area contributed by atoms with Gasteiger partial charge in [-0.3, -0.25) is 4.79 Å². The summed E-state index contributed by atoms with van der Waals surface area (Å²) in [5.74, 6) is 0.834. The number of hydrogen-bond acceptors (Lipinski definition) is 3. The number of carbonyl (C=O) groups excluding carboxylic acids is 1. The Kier molecular flexibility index (Phi) is 4.12. The molecule has 3 aromatic rings. The van der Waals surface area contributed by atoms with Gasteiger partial charge in [0.15, 0.2) is 6.29 Å². The number of para-hydroxylation sites is 1. The zero-order chi connectivity index (χ0) is 14.5. The maximum absolute atomic E-state index is 10.8. The lowest BCUT2D eigenvalue weighted by Gasteiger charge is -2.10. The normalized spacial score (nSPS) is 10.3.